The fourth-order valence-corrected chi connectivity index (χ4v) is 7.07. The van der Waals surface area contributed by atoms with Crippen LogP contribution in [0.3, 0.4) is 0 Å². The summed E-state index contributed by atoms with van der Waals surface area (Å²) >= 11 is 0. The summed E-state index contributed by atoms with van der Waals surface area (Å²) in [4.78, 5) is 89.6. The first-order valence-corrected chi connectivity index (χ1v) is 28.9. The lowest BCUT2D eigenvalue weighted by atomic mass is 9.83. The number of carboxylic acids is 5. The second kappa shape index (κ2) is 41.7. The Morgan fingerprint density at radius 2 is 0.547 bits per heavy atom. The summed E-state index contributed by atoms with van der Waals surface area (Å²) in [7, 11) is 0. The molecule has 0 fully saturated rings. The third-order valence-corrected chi connectivity index (χ3v) is 14.6. The molecule has 0 aliphatic carbocycles. The highest BCUT2D eigenvalue weighted by Crippen LogP contribution is 2.29. The molecule has 488 valence electrons. The number of aliphatic carboxylic acids is 5. The van der Waals surface area contributed by atoms with E-state index in [0.717, 1.165) is 48.8 Å². The summed E-state index contributed by atoms with van der Waals surface area (Å²) in [6.07, 6.45) is 4.43. The van der Waals surface area contributed by atoms with Gasteiger partial charge in [0.05, 0.1) is 0 Å². The van der Waals surface area contributed by atoms with Crippen LogP contribution in [-0.2, 0) is 58.0 Å². The summed E-state index contributed by atoms with van der Waals surface area (Å²) in [6.45, 7) is 30.3. The Kier molecular flexibility index (Phi) is 40.3. The van der Waals surface area contributed by atoms with Crippen molar-refractivity contribution in [1.82, 2.24) is 16.0 Å². The number of carbonyl (C=O) groups is 8. The highest BCUT2D eigenvalue weighted by Gasteiger charge is 2.31. The van der Waals surface area contributed by atoms with Gasteiger partial charge in [0.25, 0.3) is 0 Å². The zero-order chi connectivity index (χ0) is 65.8. The number of carbonyl (C=O) groups excluding carboxylic acids is 3. The van der Waals surface area contributed by atoms with E-state index in [1.165, 1.54) is 0 Å². The van der Waals surface area contributed by atoms with Crippen LogP contribution in [0.2, 0.25) is 0 Å². The molecule has 0 aromatic heterocycles. The van der Waals surface area contributed by atoms with Crippen LogP contribution >= 0.6 is 0 Å². The second-order valence-electron chi connectivity index (χ2n) is 24.8. The predicted octanol–water partition coefficient (Wildman–Crippen LogP) is 12.7. The molecule has 21 heteroatoms. The molecule has 21 nitrogen and oxygen atoms in total. The molecule has 3 amide bonds. The summed E-state index contributed by atoms with van der Waals surface area (Å²) in [6, 6.07) is 23.5. The molecular weight excluding hydrogens is 1110 g/mol. The van der Waals surface area contributed by atoms with Gasteiger partial charge in [-0.2, -0.15) is 0 Å². The van der Waals surface area contributed by atoms with Gasteiger partial charge in [0, 0.05) is 0 Å². The average molecular weight is 1210 g/mol. The normalized spacial score (nSPS) is 12.9. The lowest BCUT2D eigenvalue weighted by Crippen LogP contribution is -2.43. The molecule has 0 radical (unpaired) electrons. The first-order chi connectivity index (χ1) is 39.3. The minimum absolute atomic E-state index is 0. The molecule has 5 atom stereocenters. The Balaban J connectivity index is -0.00000103. The molecule has 3 aromatic carbocycles. The van der Waals surface area contributed by atoms with Gasteiger partial charge in [-0.1, -0.05) is 234 Å². The van der Waals surface area contributed by atoms with Gasteiger partial charge in [0.2, 0.25) is 0 Å². The molecule has 0 aliphatic rings. The molecule has 0 saturated carbocycles. The highest BCUT2D eigenvalue weighted by atomic mass is 16.6. The van der Waals surface area contributed by atoms with Crippen molar-refractivity contribution >= 4 is 48.1 Å². The Hall–Kier alpha value is -7.26. The zero-order valence-electron chi connectivity index (χ0n) is 53.1. The van der Waals surface area contributed by atoms with Crippen LogP contribution in [0.5, 0.6) is 0 Å². The Labute approximate surface area is 512 Å². The smallest absolute Gasteiger partial charge is 0.408 e. The van der Waals surface area contributed by atoms with Gasteiger partial charge in [-0.3, -0.25) is 9.59 Å². The van der Waals surface area contributed by atoms with E-state index < -0.39 is 78.3 Å². The topological polar surface area (TPSA) is 354 Å². The van der Waals surface area contributed by atoms with Crippen LogP contribution in [0.4, 0.5) is 14.4 Å². The van der Waals surface area contributed by atoms with E-state index in [2.05, 4.69) is 16.0 Å². The van der Waals surface area contributed by atoms with Crippen molar-refractivity contribution < 1.29 is 78.1 Å². The van der Waals surface area contributed by atoms with Crippen LogP contribution in [0.1, 0.15) is 192 Å². The largest absolute Gasteiger partial charge is 0.480 e. The average Bonchev–Trinajstić information content (AvgIpc) is 3.62. The van der Waals surface area contributed by atoms with E-state index in [-0.39, 0.29) is 54.3 Å². The second-order valence-corrected chi connectivity index (χ2v) is 24.8. The van der Waals surface area contributed by atoms with Crippen LogP contribution < -0.4 is 27.4 Å². The Morgan fingerprint density at radius 1 is 0.360 bits per heavy atom. The SMILES string of the molecule is C.CCC(C)(C)CC(N)C(=O)O.CCC(C)(C)CC(NC(=O)OCc1ccccc1)C(=O)O.CCC(C)(C)C[C@@H](NC(=O)OCc1ccccc1)C(=O)O.CCC(C)(C)C[C@H](N)C(=O)O.CCC(C)(C)C[C@H](NC(=O)OCc1ccccc1)C(=O)O. The number of rotatable bonds is 29. The molecule has 3 aromatic rings. The van der Waals surface area contributed by atoms with E-state index in [9.17, 15) is 53.7 Å². The van der Waals surface area contributed by atoms with Crippen molar-refractivity contribution in [3.63, 3.8) is 0 Å². The fourth-order valence-electron chi connectivity index (χ4n) is 7.07. The van der Waals surface area contributed by atoms with Gasteiger partial charge in [-0.25, -0.2) is 28.8 Å². The Morgan fingerprint density at radius 3 is 0.709 bits per heavy atom. The maximum absolute atomic E-state index is 11.7. The van der Waals surface area contributed by atoms with Crippen molar-refractivity contribution in [3.8, 4) is 0 Å². The summed E-state index contributed by atoms with van der Waals surface area (Å²) in [5, 5.41) is 51.9. The van der Waals surface area contributed by atoms with Crippen molar-refractivity contribution in [3.05, 3.63) is 108 Å². The number of amides is 3. The van der Waals surface area contributed by atoms with Gasteiger partial charge in [0.15, 0.2) is 0 Å². The highest BCUT2D eigenvalue weighted by molar-refractivity contribution is 5.81. The molecule has 0 spiro atoms. The van der Waals surface area contributed by atoms with Crippen LogP contribution in [-0.4, -0.2) is 104 Å². The number of nitrogens with two attached hydrogens (primary N) is 2. The molecule has 12 N–H and O–H groups in total. The lowest BCUT2D eigenvalue weighted by molar-refractivity contribution is -0.141. The zero-order valence-corrected chi connectivity index (χ0v) is 53.1. The Bertz CT molecular complexity index is 2190. The molecule has 0 saturated heterocycles. The van der Waals surface area contributed by atoms with Crippen LogP contribution in [0, 0.1) is 27.1 Å². The maximum atomic E-state index is 11.7. The monoisotopic (exact) mass is 1210 g/mol. The first-order valence-electron chi connectivity index (χ1n) is 28.9. The summed E-state index contributed by atoms with van der Waals surface area (Å²) in [5.74, 6) is -4.97. The fraction of sp³-hybridized carbons (Fsp3) is 0.600. The van der Waals surface area contributed by atoms with Crippen molar-refractivity contribution in [2.45, 2.75) is 226 Å². The molecule has 0 bridgehead atoms. The number of benzene rings is 3. The third-order valence-electron chi connectivity index (χ3n) is 14.6. The van der Waals surface area contributed by atoms with Crippen molar-refractivity contribution in [1.29, 1.82) is 0 Å². The number of alkyl carbamates (subject to hydrolysis) is 3. The summed E-state index contributed by atoms with van der Waals surface area (Å²) < 4.78 is 15.1. The third kappa shape index (κ3) is 40.9. The molecule has 0 heterocycles. The molecule has 86 heavy (non-hydrogen) atoms. The molecular formula is C65H107N5O16. The van der Waals surface area contributed by atoms with Gasteiger partial charge in [0.1, 0.15) is 50.0 Å². The van der Waals surface area contributed by atoms with Gasteiger partial charge >= 0.3 is 48.1 Å². The van der Waals surface area contributed by atoms with Crippen LogP contribution in [0.15, 0.2) is 91.0 Å². The number of hydrogen-bond acceptors (Lipinski definition) is 13. The van der Waals surface area contributed by atoms with Crippen molar-refractivity contribution in [2.24, 2.45) is 38.5 Å². The maximum Gasteiger partial charge on any atom is 0.408 e. The van der Waals surface area contributed by atoms with E-state index in [4.69, 9.17) is 35.9 Å². The minimum atomic E-state index is -1.05. The van der Waals surface area contributed by atoms with E-state index in [1.54, 1.807) is 0 Å². The molecule has 0 aliphatic heterocycles. The number of nitrogens with one attached hydrogen (secondary N) is 3. The quantitative estimate of drug-likeness (QED) is 0.0289. The van der Waals surface area contributed by atoms with Gasteiger partial charge in [-0.15, -0.1) is 0 Å². The standard InChI is InChI=1S/3C16H23NO4.2C8H17NO2.CH4/c3*1-4-16(2,3)10-13(14(18)19)17-15(20)21-11-12-8-6-5-7-9-12;2*1-4-8(2,3)5-6(9)7(10)11;/h3*5-9,13H,4,10-11H2,1-3H3,(H,17,20)(H,18,19);2*6H,4-5,9H2,1-3H3,(H,10,11);1H4/t2*13-;;6-;;/m10.0../s1. The lowest BCUT2D eigenvalue weighted by Gasteiger charge is -2.26. The van der Waals surface area contributed by atoms with Gasteiger partial charge in [-0.05, 0) is 75.9 Å². The van der Waals surface area contributed by atoms with Crippen LogP contribution in [0.25, 0.3) is 0 Å². The first kappa shape index (κ1) is 83.0. The van der Waals surface area contributed by atoms with E-state index >= 15 is 0 Å². The number of hydrogen-bond donors (Lipinski definition) is 10. The molecule has 3 rings (SSSR count). The minimum Gasteiger partial charge on any atom is -0.480 e. The van der Waals surface area contributed by atoms with E-state index in [1.807, 2.05) is 195 Å². The van der Waals surface area contributed by atoms with Crippen molar-refractivity contribution in [2.75, 3.05) is 0 Å². The van der Waals surface area contributed by atoms with Gasteiger partial charge < -0.3 is 67.2 Å². The predicted molar refractivity (Wildman–Crippen MR) is 335 cm³/mol. The number of carboxylic acid groups (broad SMARTS) is 5. The summed E-state index contributed by atoms with van der Waals surface area (Å²) in [5.41, 5.74) is 12.9. The molecule has 2 unspecified atom stereocenters. The van der Waals surface area contributed by atoms with E-state index in [0.29, 0.717) is 32.1 Å². The number of ether oxygens (including phenoxy) is 3.